The van der Waals surface area contributed by atoms with Crippen molar-refractivity contribution in [1.29, 1.82) is 0 Å². The number of unbranched alkanes of at least 4 members (excludes halogenated alkanes) is 1. The van der Waals surface area contributed by atoms with Crippen LogP contribution in [0.3, 0.4) is 0 Å². The second-order valence-electron chi connectivity index (χ2n) is 3.88. The van der Waals surface area contributed by atoms with Gasteiger partial charge in [0, 0.05) is 20.3 Å². The van der Waals surface area contributed by atoms with Gasteiger partial charge in [0.1, 0.15) is 0 Å². The van der Waals surface area contributed by atoms with Crippen molar-refractivity contribution in [3.63, 3.8) is 0 Å². The number of hydrogen-bond acceptors (Lipinski definition) is 7. The van der Waals surface area contributed by atoms with Gasteiger partial charge in [0.15, 0.2) is 0 Å². The van der Waals surface area contributed by atoms with Gasteiger partial charge >= 0.3 is 6.01 Å². The zero-order chi connectivity index (χ0) is 14.6. The lowest BCUT2D eigenvalue weighted by Crippen LogP contribution is -2.09. The summed E-state index contributed by atoms with van der Waals surface area (Å²) in [7, 11) is 1.66. The molecule has 0 aliphatic rings. The third-order valence-electron chi connectivity index (χ3n) is 2.29. The van der Waals surface area contributed by atoms with E-state index in [1.54, 1.807) is 7.11 Å². The molecule has 1 aromatic rings. The maximum atomic E-state index is 5.78. The molecule has 1 N–H and O–H groups in total. The molecule has 1 heterocycles. The highest BCUT2D eigenvalue weighted by molar-refractivity contribution is 6.28. The Hall–Kier alpha value is -1.18. The topological polar surface area (TPSA) is 78.4 Å². The van der Waals surface area contributed by atoms with Crippen molar-refractivity contribution in [2.24, 2.45) is 0 Å². The molecule has 7 nitrogen and oxygen atoms in total. The van der Waals surface area contributed by atoms with Crippen molar-refractivity contribution in [2.75, 3.05) is 45.4 Å². The van der Waals surface area contributed by atoms with Crippen LogP contribution in [-0.2, 0) is 9.47 Å². The lowest BCUT2D eigenvalue weighted by atomic mass is 10.3. The van der Waals surface area contributed by atoms with Crippen molar-refractivity contribution in [1.82, 2.24) is 15.0 Å². The average molecular weight is 305 g/mol. The highest BCUT2D eigenvalue weighted by Gasteiger charge is 2.04. The number of methoxy groups -OCH3 is 1. The van der Waals surface area contributed by atoms with Crippen LogP contribution in [-0.4, -0.2) is 55.0 Å². The molecular weight excluding hydrogens is 284 g/mol. The molecule has 0 fully saturated rings. The predicted octanol–water partition coefficient (Wildman–Crippen LogP) is 1.78. The summed E-state index contributed by atoms with van der Waals surface area (Å²) in [5.41, 5.74) is 0. The summed E-state index contributed by atoms with van der Waals surface area (Å²) < 4.78 is 15.4. The smallest absolute Gasteiger partial charge is 0.322 e. The number of ether oxygens (including phenoxy) is 3. The molecule has 0 spiro atoms. The van der Waals surface area contributed by atoms with E-state index in [4.69, 9.17) is 25.8 Å². The number of nitrogens with zero attached hydrogens (tertiary/aromatic N) is 3. The van der Waals surface area contributed by atoms with Crippen LogP contribution in [0, 0.1) is 0 Å². The van der Waals surface area contributed by atoms with Crippen LogP contribution in [0.15, 0.2) is 0 Å². The predicted molar refractivity (Wildman–Crippen MR) is 76.4 cm³/mol. The summed E-state index contributed by atoms with van der Waals surface area (Å²) in [6.07, 6.45) is 1.90. The van der Waals surface area contributed by atoms with Crippen molar-refractivity contribution in [3.05, 3.63) is 5.28 Å². The van der Waals surface area contributed by atoms with Gasteiger partial charge in [-0.05, 0) is 31.4 Å². The molecule has 0 saturated heterocycles. The lowest BCUT2D eigenvalue weighted by molar-refractivity contribution is 0.0691. The number of halogens is 1. The molecular formula is C12H21ClN4O3. The lowest BCUT2D eigenvalue weighted by Gasteiger charge is -2.07. The Kier molecular flexibility index (Phi) is 8.93. The highest BCUT2D eigenvalue weighted by Crippen LogP contribution is 2.11. The van der Waals surface area contributed by atoms with E-state index in [2.05, 4.69) is 20.3 Å². The number of rotatable bonds is 11. The van der Waals surface area contributed by atoms with E-state index in [-0.39, 0.29) is 11.3 Å². The van der Waals surface area contributed by atoms with Gasteiger partial charge in [-0.3, -0.25) is 0 Å². The minimum atomic E-state index is 0.119. The maximum Gasteiger partial charge on any atom is 0.322 e. The second-order valence-corrected chi connectivity index (χ2v) is 4.22. The van der Waals surface area contributed by atoms with Crippen LogP contribution in [0.25, 0.3) is 0 Å². The van der Waals surface area contributed by atoms with E-state index >= 15 is 0 Å². The van der Waals surface area contributed by atoms with Crippen molar-refractivity contribution in [3.8, 4) is 6.01 Å². The zero-order valence-corrected chi connectivity index (χ0v) is 12.7. The molecule has 1 rings (SSSR count). The molecule has 0 aromatic carbocycles. The van der Waals surface area contributed by atoms with Gasteiger partial charge in [-0.2, -0.15) is 15.0 Å². The summed E-state index contributed by atoms with van der Waals surface area (Å²) in [5, 5.41) is 3.20. The monoisotopic (exact) mass is 304 g/mol. The van der Waals surface area contributed by atoms with Gasteiger partial charge in [0.25, 0.3) is 0 Å². The molecule has 0 saturated carbocycles. The summed E-state index contributed by atoms with van der Waals surface area (Å²) in [5.74, 6) is 0.425. The quantitative estimate of drug-likeness (QED) is 0.624. The van der Waals surface area contributed by atoms with Crippen molar-refractivity contribution >= 4 is 17.5 Å². The molecule has 0 unspecified atom stereocenters. The molecule has 0 atom stereocenters. The van der Waals surface area contributed by atoms with E-state index in [1.807, 2.05) is 6.92 Å². The fourth-order valence-electron chi connectivity index (χ4n) is 1.38. The van der Waals surface area contributed by atoms with Crippen molar-refractivity contribution < 1.29 is 14.2 Å². The zero-order valence-electron chi connectivity index (χ0n) is 11.9. The number of aromatic nitrogens is 3. The van der Waals surface area contributed by atoms with Crippen LogP contribution in [0.2, 0.25) is 5.28 Å². The summed E-state index contributed by atoms with van der Waals surface area (Å²) in [6, 6.07) is 0.234. The average Bonchev–Trinajstić information content (AvgIpc) is 2.41. The first-order valence-corrected chi connectivity index (χ1v) is 6.99. The molecule has 114 valence electrons. The largest absolute Gasteiger partial charge is 0.464 e. The Labute approximate surface area is 124 Å². The summed E-state index contributed by atoms with van der Waals surface area (Å²) in [4.78, 5) is 11.9. The minimum absolute atomic E-state index is 0.119. The Morgan fingerprint density at radius 2 is 1.95 bits per heavy atom. The molecule has 0 bridgehead atoms. The molecule has 0 radical (unpaired) electrons. The number of hydrogen-bond donors (Lipinski definition) is 1. The Morgan fingerprint density at radius 3 is 2.70 bits per heavy atom. The third-order valence-corrected chi connectivity index (χ3v) is 2.46. The normalized spacial score (nSPS) is 10.6. The first-order valence-electron chi connectivity index (χ1n) is 6.61. The van der Waals surface area contributed by atoms with Gasteiger partial charge in [-0.25, -0.2) is 0 Å². The summed E-state index contributed by atoms with van der Waals surface area (Å²) in [6.45, 7) is 5.05. The SMILES string of the molecule is CCOc1nc(Cl)nc(NCCCCOCCOC)n1. The maximum absolute atomic E-state index is 5.78. The van der Waals surface area contributed by atoms with Crippen LogP contribution >= 0.6 is 11.6 Å². The Balaban J connectivity index is 2.18. The number of nitrogens with one attached hydrogen (secondary N) is 1. The van der Waals surface area contributed by atoms with E-state index < -0.39 is 0 Å². The third kappa shape index (κ3) is 7.42. The molecule has 8 heteroatoms. The Morgan fingerprint density at radius 1 is 1.10 bits per heavy atom. The second kappa shape index (κ2) is 10.6. The molecule has 0 amide bonds. The van der Waals surface area contributed by atoms with Gasteiger partial charge in [0.2, 0.25) is 11.2 Å². The molecule has 0 aliphatic carbocycles. The van der Waals surface area contributed by atoms with Gasteiger partial charge in [0.05, 0.1) is 19.8 Å². The van der Waals surface area contributed by atoms with E-state index in [9.17, 15) is 0 Å². The van der Waals surface area contributed by atoms with E-state index in [0.717, 1.165) is 19.4 Å². The molecule has 0 aliphatic heterocycles. The first-order chi connectivity index (χ1) is 9.76. The van der Waals surface area contributed by atoms with Gasteiger partial charge < -0.3 is 19.5 Å². The standard InChI is InChI=1S/C12H21ClN4O3/c1-3-20-12-16-10(13)15-11(17-12)14-6-4-5-7-19-9-8-18-2/h3-9H2,1-2H3,(H,14,15,16,17). The first kappa shape index (κ1) is 16.9. The van der Waals surface area contributed by atoms with E-state index in [1.165, 1.54) is 0 Å². The fourth-order valence-corrected chi connectivity index (χ4v) is 1.53. The van der Waals surface area contributed by atoms with Gasteiger partial charge in [-0.1, -0.05) is 0 Å². The highest BCUT2D eigenvalue weighted by atomic mass is 35.5. The minimum Gasteiger partial charge on any atom is -0.464 e. The van der Waals surface area contributed by atoms with Crippen LogP contribution < -0.4 is 10.1 Å². The van der Waals surface area contributed by atoms with Gasteiger partial charge in [-0.15, -0.1) is 0 Å². The summed E-state index contributed by atoms with van der Waals surface area (Å²) >= 11 is 5.78. The van der Waals surface area contributed by atoms with Crippen molar-refractivity contribution in [2.45, 2.75) is 19.8 Å². The van der Waals surface area contributed by atoms with E-state index in [0.29, 0.717) is 32.4 Å². The molecule has 1 aromatic heterocycles. The van der Waals surface area contributed by atoms with Crippen LogP contribution in [0.5, 0.6) is 6.01 Å². The van der Waals surface area contributed by atoms with Crippen LogP contribution in [0.1, 0.15) is 19.8 Å². The number of anilines is 1. The Bertz CT molecular complexity index is 382. The van der Waals surface area contributed by atoms with Crippen LogP contribution in [0.4, 0.5) is 5.95 Å². The molecule has 20 heavy (non-hydrogen) atoms. The fraction of sp³-hybridized carbons (Fsp3) is 0.750.